The van der Waals surface area contributed by atoms with Gasteiger partial charge in [-0.15, -0.1) is 0 Å². The Hall–Kier alpha value is -3.58. The number of anilines is 2. The number of hydrogen-bond donors (Lipinski definition) is 0. The number of rotatable bonds is 4. The molecule has 0 spiro atoms. The maximum Gasteiger partial charge on any atom is 0.0474 e. The summed E-state index contributed by atoms with van der Waals surface area (Å²) >= 11 is 0. The first-order chi connectivity index (χ1) is 16.2. The number of para-hydroxylation sites is 1. The van der Waals surface area contributed by atoms with Crippen molar-refractivity contribution in [3.63, 3.8) is 0 Å². The van der Waals surface area contributed by atoms with Crippen LogP contribution in [0.4, 0.5) is 11.4 Å². The minimum absolute atomic E-state index is 0.0579. The van der Waals surface area contributed by atoms with Gasteiger partial charge in [0.2, 0.25) is 0 Å². The molecule has 0 fully saturated rings. The Kier molecular flexibility index (Phi) is 4.45. The van der Waals surface area contributed by atoms with Crippen molar-refractivity contribution in [2.24, 2.45) is 0 Å². The Morgan fingerprint density at radius 1 is 0.676 bits per heavy atom. The summed E-state index contributed by atoms with van der Waals surface area (Å²) in [5.41, 5.74) is 13.7. The van der Waals surface area contributed by atoms with E-state index in [9.17, 15) is 0 Å². The molecule has 0 saturated carbocycles. The first-order valence-corrected chi connectivity index (χ1v) is 12.2. The van der Waals surface area contributed by atoms with Crippen LogP contribution < -0.4 is 4.90 Å². The summed E-state index contributed by atoms with van der Waals surface area (Å²) in [6.45, 7) is 11.5. The standard InChI is InChI=1S/C33H31N/c1-32(2,3)23-15-17-25(18-16-23)34(24-11-7-6-8-12-24)26-19-22(20-26)28-21-29-27-13-9-10-14-30(27)33(4,5)31(28)29/h6-21H,1-5H3. The average molecular weight is 442 g/mol. The van der Waals surface area contributed by atoms with Crippen molar-refractivity contribution < 1.29 is 0 Å². The summed E-state index contributed by atoms with van der Waals surface area (Å²) in [5.74, 6) is 0. The van der Waals surface area contributed by atoms with E-state index in [1.54, 1.807) is 0 Å². The van der Waals surface area contributed by atoms with Gasteiger partial charge in [-0.05, 0) is 86.9 Å². The molecule has 1 nitrogen and oxygen atoms in total. The Bertz CT molecular complexity index is 1420. The van der Waals surface area contributed by atoms with Crippen LogP contribution in [0.2, 0.25) is 0 Å². The van der Waals surface area contributed by atoms with Crippen LogP contribution in [0.1, 0.15) is 51.3 Å². The molecule has 3 aliphatic carbocycles. The van der Waals surface area contributed by atoms with Crippen LogP contribution in [-0.2, 0) is 10.8 Å². The van der Waals surface area contributed by atoms with Gasteiger partial charge in [0.15, 0.2) is 0 Å². The molecular formula is C33H31N. The van der Waals surface area contributed by atoms with Crippen molar-refractivity contribution in [3.8, 4) is 0 Å². The molecule has 0 radical (unpaired) electrons. The summed E-state index contributed by atoms with van der Waals surface area (Å²) in [7, 11) is 0. The molecule has 0 saturated heterocycles. The zero-order chi connectivity index (χ0) is 23.7. The summed E-state index contributed by atoms with van der Waals surface area (Å²) in [4.78, 5) is 2.36. The Morgan fingerprint density at radius 3 is 1.97 bits per heavy atom. The van der Waals surface area contributed by atoms with E-state index in [4.69, 9.17) is 0 Å². The second kappa shape index (κ2) is 7.21. The molecule has 1 heteroatoms. The SMILES string of the molecule is CC(C)(C)c1ccc(N(C2=CC(C3=CC4=C3C(C)(C)c3ccccc34)=C2)c2ccccc2)cc1. The van der Waals surface area contributed by atoms with Crippen molar-refractivity contribution in [3.05, 3.63) is 136 Å². The fraction of sp³-hybridized carbons (Fsp3) is 0.212. The molecular weight excluding hydrogens is 410 g/mol. The summed E-state index contributed by atoms with van der Waals surface area (Å²) in [5, 5.41) is 0. The zero-order valence-electron chi connectivity index (χ0n) is 20.7. The highest BCUT2D eigenvalue weighted by molar-refractivity contribution is 5.99. The van der Waals surface area contributed by atoms with E-state index in [0.29, 0.717) is 0 Å². The highest BCUT2D eigenvalue weighted by Crippen LogP contribution is 2.57. The van der Waals surface area contributed by atoms with Crippen LogP contribution in [0.3, 0.4) is 0 Å². The summed E-state index contributed by atoms with van der Waals surface area (Å²) in [6.07, 6.45) is 7.08. The van der Waals surface area contributed by atoms with Crippen LogP contribution in [0.5, 0.6) is 0 Å². The molecule has 0 atom stereocenters. The number of hydrogen-bond acceptors (Lipinski definition) is 1. The predicted octanol–water partition coefficient (Wildman–Crippen LogP) is 8.63. The van der Waals surface area contributed by atoms with Gasteiger partial charge >= 0.3 is 0 Å². The Balaban J connectivity index is 1.31. The quantitative estimate of drug-likeness (QED) is 0.392. The van der Waals surface area contributed by atoms with E-state index in [1.165, 1.54) is 56.1 Å². The monoisotopic (exact) mass is 441 g/mol. The highest BCUT2D eigenvalue weighted by atomic mass is 15.1. The van der Waals surface area contributed by atoms with Gasteiger partial charge in [-0.1, -0.05) is 89.2 Å². The van der Waals surface area contributed by atoms with E-state index < -0.39 is 0 Å². The Labute approximate surface area is 203 Å². The molecule has 3 aromatic rings. The third-order valence-electron chi connectivity index (χ3n) is 7.52. The fourth-order valence-electron chi connectivity index (χ4n) is 5.59. The largest absolute Gasteiger partial charge is 0.310 e. The average Bonchev–Trinajstić information content (AvgIpc) is 2.94. The van der Waals surface area contributed by atoms with Crippen molar-refractivity contribution in [2.45, 2.75) is 45.4 Å². The zero-order valence-corrected chi connectivity index (χ0v) is 20.7. The predicted molar refractivity (Wildman–Crippen MR) is 144 cm³/mol. The van der Waals surface area contributed by atoms with Crippen molar-refractivity contribution in [1.82, 2.24) is 0 Å². The molecule has 3 aromatic carbocycles. The third kappa shape index (κ3) is 3.07. The molecule has 0 aromatic heterocycles. The normalized spacial score (nSPS) is 17.6. The van der Waals surface area contributed by atoms with Crippen molar-refractivity contribution in [2.75, 3.05) is 4.90 Å². The molecule has 0 amide bonds. The van der Waals surface area contributed by atoms with E-state index in [1.807, 2.05) is 0 Å². The molecule has 6 rings (SSSR count). The van der Waals surface area contributed by atoms with Gasteiger partial charge in [0, 0.05) is 22.5 Å². The lowest BCUT2D eigenvalue weighted by Crippen LogP contribution is -2.24. The minimum Gasteiger partial charge on any atom is -0.310 e. The van der Waals surface area contributed by atoms with Crippen molar-refractivity contribution in [1.29, 1.82) is 0 Å². The molecule has 34 heavy (non-hydrogen) atoms. The second-order valence-electron chi connectivity index (χ2n) is 11.2. The molecule has 0 heterocycles. The van der Waals surface area contributed by atoms with Gasteiger partial charge in [0.1, 0.15) is 0 Å². The number of allylic oxidation sites excluding steroid dienone is 7. The van der Waals surface area contributed by atoms with E-state index in [2.05, 4.69) is 137 Å². The maximum atomic E-state index is 2.38. The lowest BCUT2D eigenvalue weighted by molar-refractivity contribution is 0.590. The molecule has 3 aliphatic rings. The van der Waals surface area contributed by atoms with Gasteiger partial charge in [-0.25, -0.2) is 0 Å². The number of fused-ring (bicyclic) bond motifs is 2. The summed E-state index contributed by atoms with van der Waals surface area (Å²) in [6, 6.07) is 28.6. The van der Waals surface area contributed by atoms with Crippen LogP contribution in [0.15, 0.2) is 120 Å². The maximum absolute atomic E-state index is 2.38. The van der Waals surface area contributed by atoms with Gasteiger partial charge in [-0.3, -0.25) is 0 Å². The second-order valence-corrected chi connectivity index (χ2v) is 11.2. The third-order valence-corrected chi connectivity index (χ3v) is 7.52. The molecule has 168 valence electrons. The highest BCUT2D eigenvalue weighted by Gasteiger charge is 2.44. The van der Waals surface area contributed by atoms with E-state index in [0.717, 1.165) is 0 Å². The van der Waals surface area contributed by atoms with Crippen LogP contribution in [0, 0.1) is 0 Å². The smallest absolute Gasteiger partial charge is 0.0474 e. The first-order valence-electron chi connectivity index (χ1n) is 12.2. The van der Waals surface area contributed by atoms with Crippen molar-refractivity contribution >= 4 is 16.9 Å². The van der Waals surface area contributed by atoms with Gasteiger partial charge in [0.25, 0.3) is 0 Å². The summed E-state index contributed by atoms with van der Waals surface area (Å²) < 4.78 is 0. The topological polar surface area (TPSA) is 3.24 Å². The lowest BCUT2D eigenvalue weighted by Gasteiger charge is -2.36. The Morgan fingerprint density at radius 2 is 1.29 bits per heavy atom. The van der Waals surface area contributed by atoms with Crippen LogP contribution in [0.25, 0.3) is 5.57 Å². The van der Waals surface area contributed by atoms with E-state index in [-0.39, 0.29) is 10.8 Å². The minimum atomic E-state index is 0.0579. The van der Waals surface area contributed by atoms with E-state index >= 15 is 0 Å². The lowest BCUT2D eigenvalue weighted by atomic mass is 9.71. The number of nitrogens with zero attached hydrogens (tertiary/aromatic N) is 1. The first kappa shape index (κ1) is 21.0. The fourth-order valence-corrected chi connectivity index (χ4v) is 5.59. The molecule has 0 N–H and O–H groups in total. The molecule has 0 unspecified atom stereocenters. The number of benzene rings is 3. The molecule has 0 bridgehead atoms. The van der Waals surface area contributed by atoms with Gasteiger partial charge < -0.3 is 4.90 Å². The van der Waals surface area contributed by atoms with Crippen LogP contribution >= 0.6 is 0 Å². The van der Waals surface area contributed by atoms with Crippen LogP contribution in [-0.4, -0.2) is 0 Å². The molecule has 0 aliphatic heterocycles. The van der Waals surface area contributed by atoms with Gasteiger partial charge in [-0.2, -0.15) is 0 Å². The van der Waals surface area contributed by atoms with Gasteiger partial charge in [0.05, 0.1) is 0 Å².